The van der Waals surface area contributed by atoms with E-state index in [1.165, 1.54) is 17.4 Å². The van der Waals surface area contributed by atoms with Gasteiger partial charge in [0.1, 0.15) is 0 Å². The first-order valence-electron chi connectivity index (χ1n) is 4.17. The Morgan fingerprint density at radius 3 is 2.87 bits per heavy atom. The molecule has 0 saturated carbocycles. The highest BCUT2D eigenvalue weighted by Crippen LogP contribution is 2.07. The zero-order valence-corrected chi connectivity index (χ0v) is 9.77. The highest BCUT2D eigenvalue weighted by atomic mass is 32.2. The van der Waals surface area contributed by atoms with Gasteiger partial charge in [0, 0.05) is 18.2 Å². The van der Waals surface area contributed by atoms with Gasteiger partial charge in [-0.3, -0.25) is 4.79 Å². The molecular weight excluding hydrogens is 234 g/mol. The maximum absolute atomic E-state index is 11.3. The highest BCUT2D eigenvalue weighted by molar-refractivity contribution is 7.93. The number of nitrogens with one attached hydrogen (secondary N) is 1. The maximum atomic E-state index is 11.3. The van der Waals surface area contributed by atoms with Gasteiger partial charge in [-0.05, 0) is 11.4 Å². The minimum absolute atomic E-state index is 0.192. The van der Waals surface area contributed by atoms with Crippen molar-refractivity contribution in [1.82, 2.24) is 5.32 Å². The second kappa shape index (κ2) is 5.09. The van der Waals surface area contributed by atoms with Crippen molar-refractivity contribution >= 4 is 27.1 Å². The molecule has 1 aromatic rings. The van der Waals surface area contributed by atoms with Crippen LogP contribution in [0.4, 0.5) is 0 Å². The summed E-state index contributed by atoms with van der Waals surface area (Å²) in [6.45, 7) is 0.212. The maximum Gasteiger partial charge on any atom is 0.261 e. The van der Waals surface area contributed by atoms with Crippen LogP contribution in [0.3, 0.4) is 0 Å². The van der Waals surface area contributed by atoms with E-state index in [9.17, 15) is 13.2 Å². The zero-order valence-electron chi connectivity index (χ0n) is 8.14. The van der Waals surface area contributed by atoms with Crippen molar-refractivity contribution in [3.63, 3.8) is 0 Å². The predicted octanol–water partition coefficient (Wildman–Crippen LogP) is 1.04. The smallest absolute Gasteiger partial charge is 0.261 e. The molecule has 15 heavy (non-hydrogen) atoms. The predicted molar refractivity (Wildman–Crippen MR) is 60.6 cm³/mol. The number of sulfone groups is 1. The first kappa shape index (κ1) is 11.9. The molecule has 6 heteroatoms. The Morgan fingerprint density at radius 1 is 1.60 bits per heavy atom. The summed E-state index contributed by atoms with van der Waals surface area (Å²) in [6, 6.07) is 3.49. The van der Waals surface area contributed by atoms with Gasteiger partial charge in [0.2, 0.25) is 0 Å². The van der Waals surface area contributed by atoms with Crippen molar-refractivity contribution in [2.24, 2.45) is 0 Å². The Labute approximate surface area is 92.5 Å². The normalized spacial score (nSPS) is 11.8. The number of hydrogen-bond donors (Lipinski definition) is 1. The molecule has 0 aliphatic rings. The molecular formula is C9H11NO3S2. The highest BCUT2D eigenvalue weighted by Gasteiger charge is 2.03. The summed E-state index contributed by atoms with van der Waals surface area (Å²) in [5, 5.41) is 5.46. The first-order valence-corrected chi connectivity index (χ1v) is 7.01. The second-order valence-corrected chi connectivity index (χ2v) is 5.77. The van der Waals surface area contributed by atoms with Crippen molar-refractivity contribution in [3.05, 3.63) is 33.9 Å². The molecule has 0 radical (unpaired) electrons. The van der Waals surface area contributed by atoms with Crippen molar-refractivity contribution in [3.8, 4) is 0 Å². The van der Waals surface area contributed by atoms with E-state index in [4.69, 9.17) is 0 Å². The second-order valence-electron chi connectivity index (χ2n) is 2.89. The van der Waals surface area contributed by atoms with Gasteiger partial charge in [-0.1, -0.05) is 12.1 Å². The fourth-order valence-corrected chi connectivity index (χ4v) is 1.96. The van der Waals surface area contributed by atoms with Gasteiger partial charge in [0.15, 0.2) is 9.84 Å². The van der Waals surface area contributed by atoms with E-state index in [2.05, 4.69) is 5.32 Å². The molecule has 0 saturated heterocycles. The van der Waals surface area contributed by atoms with E-state index in [0.29, 0.717) is 4.88 Å². The molecule has 0 atom stereocenters. The molecule has 0 aliphatic heterocycles. The van der Waals surface area contributed by atoms with Crippen LogP contribution in [-0.4, -0.2) is 27.1 Å². The summed E-state index contributed by atoms with van der Waals surface area (Å²) in [5.41, 5.74) is 0. The van der Waals surface area contributed by atoms with E-state index in [1.54, 1.807) is 17.5 Å². The molecule has 0 spiro atoms. The number of hydrogen-bond acceptors (Lipinski definition) is 4. The van der Waals surface area contributed by atoms with E-state index in [-0.39, 0.29) is 12.5 Å². The van der Waals surface area contributed by atoms with Gasteiger partial charge in [0.05, 0.1) is 4.88 Å². The van der Waals surface area contributed by atoms with Crippen LogP contribution in [0.5, 0.6) is 0 Å². The summed E-state index contributed by atoms with van der Waals surface area (Å²) in [4.78, 5) is 12.0. The molecule has 1 aromatic heterocycles. The summed E-state index contributed by atoms with van der Waals surface area (Å²) >= 11 is 1.34. The third-order valence-electron chi connectivity index (χ3n) is 1.47. The van der Waals surface area contributed by atoms with E-state index >= 15 is 0 Å². The molecule has 1 heterocycles. The lowest BCUT2D eigenvalue weighted by molar-refractivity contribution is 0.0962. The molecule has 0 aliphatic carbocycles. The average molecular weight is 245 g/mol. The largest absolute Gasteiger partial charge is 0.348 e. The SMILES string of the molecule is CS(=O)(=O)/C=C/CNC(=O)c1cccs1. The van der Waals surface area contributed by atoms with Gasteiger partial charge < -0.3 is 5.32 Å². The molecule has 0 aromatic carbocycles. The molecule has 1 rings (SSSR count). The Morgan fingerprint density at radius 2 is 2.33 bits per heavy atom. The number of rotatable bonds is 4. The number of amides is 1. The number of carbonyl (C=O) groups excluding carboxylic acids is 1. The third kappa shape index (κ3) is 4.75. The van der Waals surface area contributed by atoms with Crippen LogP contribution in [0.2, 0.25) is 0 Å². The Balaban J connectivity index is 2.40. The van der Waals surface area contributed by atoms with Crippen LogP contribution in [0.1, 0.15) is 9.67 Å². The molecule has 0 fully saturated rings. The van der Waals surface area contributed by atoms with Gasteiger partial charge >= 0.3 is 0 Å². The topological polar surface area (TPSA) is 63.2 Å². The van der Waals surface area contributed by atoms with E-state index < -0.39 is 9.84 Å². The molecule has 1 N–H and O–H groups in total. The molecule has 1 amide bonds. The lowest BCUT2D eigenvalue weighted by Crippen LogP contribution is -2.22. The minimum Gasteiger partial charge on any atom is -0.348 e. The van der Waals surface area contributed by atoms with Crippen molar-refractivity contribution < 1.29 is 13.2 Å². The van der Waals surface area contributed by atoms with Crippen molar-refractivity contribution in [1.29, 1.82) is 0 Å². The Kier molecular flexibility index (Phi) is 4.05. The van der Waals surface area contributed by atoms with E-state index in [1.807, 2.05) is 0 Å². The minimum atomic E-state index is -3.11. The number of carbonyl (C=O) groups is 1. The lowest BCUT2D eigenvalue weighted by Gasteiger charge is -1.97. The van der Waals surface area contributed by atoms with Gasteiger partial charge in [-0.25, -0.2) is 8.42 Å². The van der Waals surface area contributed by atoms with Crippen LogP contribution in [-0.2, 0) is 9.84 Å². The fourth-order valence-electron chi connectivity index (χ4n) is 0.869. The average Bonchev–Trinajstić information content (AvgIpc) is 2.63. The Bertz CT molecular complexity index is 446. The summed E-state index contributed by atoms with van der Waals surface area (Å²) in [6.07, 6.45) is 2.51. The summed E-state index contributed by atoms with van der Waals surface area (Å²) in [5.74, 6) is -0.192. The van der Waals surface area contributed by atoms with Gasteiger partial charge in [0.25, 0.3) is 5.91 Å². The van der Waals surface area contributed by atoms with Crippen molar-refractivity contribution in [2.75, 3.05) is 12.8 Å². The molecule has 0 unspecified atom stereocenters. The Hall–Kier alpha value is -1.14. The van der Waals surface area contributed by atoms with Crippen LogP contribution in [0.15, 0.2) is 29.0 Å². The van der Waals surface area contributed by atoms with Crippen LogP contribution < -0.4 is 5.32 Å². The fraction of sp³-hybridized carbons (Fsp3) is 0.222. The lowest BCUT2D eigenvalue weighted by atomic mass is 10.4. The van der Waals surface area contributed by atoms with Crippen LogP contribution in [0, 0.1) is 0 Å². The number of thiophene rings is 1. The van der Waals surface area contributed by atoms with Crippen LogP contribution in [0.25, 0.3) is 0 Å². The summed E-state index contributed by atoms with van der Waals surface area (Å²) in [7, 11) is -3.11. The molecule has 82 valence electrons. The van der Waals surface area contributed by atoms with E-state index in [0.717, 1.165) is 11.7 Å². The van der Waals surface area contributed by atoms with Crippen molar-refractivity contribution in [2.45, 2.75) is 0 Å². The zero-order chi connectivity index (χ0) is 11.3. The van der Waals surface area contributed by atoms with Gasteiger partial charge in [-0.15, -0.1) is 11.3 Å². The summed E-state index contributed by atoms with van der Waals surface area (Å²) < 4.78 is 21.4. The molecule has 0 bridgehead atoms. The molecule has 4 nitrogen and oxygen atoms in total. The standard InChI is InChI=1S/C9H11NO3S2/c1-15(12,13)7-3-5-10-9(11)8-4-2-6-14-8/h2-4,6-7H,5H2,1H3,(H,10,11)/b7-3+. The third-order valence-corrected chi connectivity index (χ3v) is 3.02. The monoisotopic (exact) mass is 245 g/mol. The quantitative estimate of drug-likeness (QED) is 0.862. The first-order chi connectivity index (χ1) is 6.99. The van der Waals surface area contributed by atoms with Crippen LogP contribution >= 0.6 is 11.3 Å². The van der Waals surface area contributed by atoms with Gasteiger partial charge in [-0.2, -0.15) is 0 Å².